The van der Waals surface area contributed by atoms with E-state index in [2.05, 4.69) is 42.3 Å². The van der Waals surface area contributed by atoms with E-state index in [9.17, 15) is 9.59 Å². The Morgan fingerprint density at radius 2 is 1.65 bits per heavy atom. The molecule has 1 N–H and O–H groups in total. The molecule has 1 heterocycles. The fourth-order valence-corrected chi connectivity index (χ4v) is 2.77. The minimum atomic E-state index is -0.516. The highest BCUT2D eigenvalue weighted by Gasteiger charge is 2.28. The first-order valence-electron chi connectivity index (χ1n) is 8.11. The van der Waals surface area contributed by atoms with Crippen LogP contribution in [0.4, 0.5) is 5.69 Å². The van der Waals surface area contributed by atoms with Gasteiger partial charge in [-0.05, 0) is 51.8 Å². The van der Waals surface area contributed by atoms with Crippen molar-refractivity contribution in [1.29, 1.82) is 0 Å². The van der Waals surface area contributed by atoms with Gasteiger partial charge in [-0.25, -0.2) is 0 Å². The molecule has 0 aliphatic carbocycles. The molecule has 2 rings (SSSR count). The summed E-state index contributed by atoms with van der Waals surface area (Å²) in [5, 5.41) is 2.73. The largest absolute Gasteiger partial charge is 0.368 e. The monoisotopic (exact) mass is 317 g/mol. The lowest BCUT2D eigenvalue weighted by molar-refractivity contribution is -0.146. The second kappa shape index (κ2) is 6.60. The summed E-state index contributed by atoms with van der Waals surface area (Å²) < 4.78 is 0. The molecular weight excluding hydrogens is 290 g/mol. The van der Waals surface area contributed by atoms with Crippen LogP contribution in [0, 0.1) is 13.8 Å². The molecule has 0 saturated carbocycles. The predicted octanol–water partition coefficient (Wildman–Crippen LogP) is 1.87. The van der Waals surface area contributed by atoms with Gasteiger partial charge in [-0.3, -0.25) is 9.59 Å². The fraction of sp³-hybridized carbons (Fsp3) is 0.556. The SMILES string of the molecule is Cc1cccc(N2CCN(C(=O)C(=O)NC(C)(C)C)CC2)c1C. The van der Waals surface area contributed by atoms with Crippen LogP contribution >= 0.6 is 0 Å². The van der Waals surface area contributed by atoms with Gasteiger partial charge in [0.05, 0.1) is 0 Å². The number of piperazine rings is 1. The van der Waals surface area contributed by atoms with Crippen molar-refractivity contribution < 1.29 is 9.59 Å². The molecule has 1 aromatic carbocycles. The van der Waals surface area contributed by atoms with E-state index < -0.39 is 17.4 Å². The highest BCUT2D eigenvalue weighted by atomic mass is 16.2. The second-order valence-corrected chi connectivity index (χ2v) is 7.20. The number of amides is 2. The zero-order chi connectivity index (χ0) is 17.2. The molecule has 126 valence electrons. The number of aryl methyl sites for hydroxylation is 1. The molecule has 0 aromatic heterocycles. The van der Waals surface area contributed by atoms with Gasteiger partial charge in [-0.1, -0.05) is 12.1 Å². The Kier molecular flexibility index (Phi) is 4.97. The van der Waals surface area contributed by atoms with E-state index in [0.29, 0.717) is 13.1 Å². The smallest absolute Gasteiger partial charge is 0.312 e. The zero-order valence-electron chi connectivity index (χ0n) is 14.8. The summed E-state index contributed by atoms with van der Waals surface area (Å²) in [5.41, 5.74) is 3.37. The summed E-state index contributed by atoms with van der Waals surface area (Å²) in [6.07, 6.45) is 0. The zero-order valence-corrected chi connectivity index (χ0v) is 14.8. The topological polar surface area (TPSA) is 52.7 Å². The minimum absolute atomic E-state index is 0.396. The molecule has 0 unspecified atom stereocenters. The van der Waals surface area contributed by atoms with E-state index in [1.807, 2.05) is 20.8 Å². The molecule has 1 aliphatic heterocycles. The molecular formula is C18H27N3O2. The number of anilines is 1. The highest BCUT2D eigenvalue weighted by molar-refractivity contribution is 6.35. The van der Waals surface area contributed by atoms with Gasteiger partial charge in [-0.15, -0.1) is 0 Å². The van der Waals surface area contributed by atoms with Gasteiger partial charge < -0.3 is 15.1 Å². The summed E-state index contributed by atoms with van der Waals surface area (Å²) in [6.45, 7) is 12.5. The van der Waals surface area contributed by atoms with E-state index in [0.717, 1.165) is 13.1 Å². The van der Waals surface area contributed by atoms with Crippen LogP contribution in [-0.4, -0.2) is 48.4 Å². The lowest BCUT2D eigenvalue weighted by atomic mass is 10.1. The van der Waals surface area contributed by atoms with Crippen molar-refractivity contribution >= 4 is 17.5 Å². The van der Waals surface area contributed by atoms with Gasteiger partial charge in [0.1, 0.15) is 0 Å². The molecule has 1 saturated heterocycles. The molecule has 0 atom stereocenters. The van der Waals surface area contributed by atoms with Crippen LogP contribution in [0.1, 0.15) is 31.9 Å². The normalized spacial score (nSPS) is 15.5. The lowest BCUT2D eigenvalue weighted by Gasteiger charge is -2.37. The van der Waals surface area contributed by atoms with E-state index in [1.165, 1.54) is 16.8 Å². The maximum Gasteiger partial charge on any atom is 0.312 e. The Balaban J connectivity index is 1.97. The Morgan fingerprint density at radius 3 is 2.22 bits per heavy atom. The molecule has 23 heavy (non-hydrogen) atoms. The van der Waals surface area contributed by atoms with Crippen molar-refractivity contribution in [2.45, 2.75) is 40.2 Å². The van der Waals surface area contributed by atoms with E-state index in [-0.39, 0.29) is 0 Å². The Bertz CT molecular complexity index is 597. The first-order valence-corrected chi connectivity index (χ1v) is 8.11. The van der Waals surface area contributed by atoms with Crippen LogP contribution in [-0.2, 0) is 9.59 Å². The summed E-state index contributed by atoms with van der Waals surface area (Å²) in [7, 11) is 0. The third-order valence-electron chi connectivity index (χ3n) is 4.17. The Morgan fingerprint density at radius 1 is 1.04 bits per heavy atom. The standard InChI is InChI=1S/C18H27N3O2/c1-13-7-6-8-15(14(13)2)20-9-11-21(12-10-20)17(23)16(22)19-18(3,4)5/h6-8H,9-12H2,1-5H3,(H,19,22). The number of nitrogens with one attached hydrogen (secondary N) is 1. The maximum absolute atomic E-state index is 12.2. The summed E-state index contributed by atoms with van der Waals surface area (Å²) in [4.78, 5) is 28.2. The second-order valence-electron chi connectivity index (χ2n) is 7.20. The van der Waals surface area contributed by atoms with Crippen LogP contribution in [0.5, 0.6) is 0 Å². The van der Waals surface area contributed by atoms with E-state index in [4.69, 9.17) is 0 Å². The van der Waals surface area contributed by atoms with Crippen molar-refractivity contribution in [3.8, 4) is 0 Å². The quantitative estimate of drug-likeness (QED) is 0.805. The fourth-order valence-electron chi connectivity index (χ4n) is 2.77. The van der Waals surface area contributed by atoms with Gasteiger partial charge in [0, 0.05) is 37.4 Å². The summed E-state index contributed by atoms with van der Waals surface area (Å²) >= 11 is 0. The Hall–Kier alpha value is -2.04. The molecule has 1 aliphatic rings. The number of hydrogen-bond donors (Lipinski definition) is 1. The molecule has 0 bridgehead atoms. The third kappa shape index (κ3) is 4.24. The van der Waals surface area contributed by atoms with Crippen LogP contribution in [0.2, 0.25) is 0 Å². The summed E-state index contributed by atoms with van der Waals surface area (Å²) in [6, 6.07) is 6.29. The van der Waals surface area contributed by atoms with Gasteiger partial charge in [0.2, 0.25) is 0 Å². The highest BCUT2D eigenvalue weighted by Crippen LogP contribution is 2.23. The number of nitrogens with zero attached hydrogens (tertiary/aromatic N) is 2. The predicted molar refractivity (Wildman–Crippen MR) is 92.6 cm³/mol. The van der Waals surface area contributed by atoms with E-state index >= 15 is 0 Å². The van der Waals surface area contributed by atoms with E-state index in [1.54, 1.807) is 4.90 Å². The van der Waals surface area contributed by atoms with Gasteiger partial charge in [-0.2, -0.15) is 0 Å². The van der Waals surface area contributed by atoms with Crippen molar-refractivity contribution in [3.63, 3.8) is 0 Å². The van der Waals surface area contributed by atoms with Crippen molar-refractivity contribution in [2.24, 2.45) is 0 Å². The van der Waals surface area contributed by atoms with Crippen LogP contribution in [0.15, 0.2) is 18.2 Å². The average molecular weight is 317 g/mol. The lowest BCUT2D eigenvalue weighted by Crippen LogP contribution is -2.55. The van der Waals surface area contributed by atoms with Gasteiger partial charge in [0.15, 0.2) is 0 Å². The number of carbonyl (C=O) groups excluding carboxylic acids is 2. The van der Waals surface area contributed by atoms with Crippen LogP contribution in [0.25, 0.3) is 0 Å². The van der Waals surface area contributed by atoms with Crippen LogP contribution in [0.3, 0.4) is 0 Å². The average Bonchev–Trinajstić information content (AvgIpc) is 2.48. The number of hydrogen-bond acceptors (Lipinski definition) is 3. The van der Waals surface area contributed by atoms with Crippen LogP contribution < -0.4 is 10.2 Å². The molecule has 5 nitrogen and oxygen atoms in total. The summed E-state index contributed by atoms with van der Waals surface area (Å²) in [5.74, 6) is -0.946. The molecule has 0 spiro atoms. The number of benzene rings is 1. The third-order valence-corrected chi connectivity index (χ3v) is 4.17. The first-order chi connectivity index (χ1) is 10.7. The number of rotatable bonds is 1. The molecule has 2 amide bonds. The van der Waals surface area contributed by atoms with Gasteiger partial charge >= 0.3 is 11.8 Å². The molecule has 1 aromatic rings. The maximum atomic E-state index is 12.2. The van der Waals surface area contributed by atoms with Crippen molar-refractivity contribution in [3.05, 3.63) is 29.3 Å². The Labute approximate surface area is 138 Å². The molecule has 1 fully saturated rings. The van der Waals surface area contributed by atoms with Crippen molar-refractivity contribution in [2.75, 3.05) is 31.1 Å². The van der Waals surface area contributed by atoms with Crippen molar-refractivity contribution in [1.82, 2.24) is 10.2 Å². The minimum Gasteiger partial charge on any atom is -0.368 e. The molecule has 5 heteroatoms. The van der Waals surface area contributed by atoms with Gasteiger partial charge in [0.25, 0.3) is 0 Å². The first kappa shape index (κ1) is 17.3. The molecule has 0 radical (unpaired) electrons. The number of carbonyl (C=O) groups is 2.